The third-order valence-electron chi connectivity index (χ3n) is 4.54. The number of amidine groups is 1. The van der Waals surface area contributed by atoms with Gasteiger partial charge in [-0.2, -0.15) is 0 Å². The highest BCUT2D eigenvalue weighted by Gasteiger charge is 2.38. The quantitative estimate of drug-likeness (QED) is 0.533. The van der Waals surface area contributed by atoms with Crippen LogP contribution in [0.25, 0.3) is 0 Å². The average Bonchev–Trinajstić information content (AvgIpc) is 2.99. The summed E-state index contributed by atoms with van der Waals surface area (Å²) < 4.78 is 0. The fourth-order valence-electron chi connectivity index (χ4n) is 2.92. The SMILES string of the molecule is C=CCN1C(=O)[C@H](CC(=O)Nc2ccc(C(C)=O)cc2)SC1=Nc1ccc(C)cc1. The summed E-state index contributed by atoms with van der Waals surface area (Å²) >= 11 is 1.28. The number of carbonyl (C=O) groups excluding carboxylic acids is 3. The molecule has 0 aliphatic carbocycles. The molecule has 2 aromatic carbocycles. The molecule has 0 radical (unpaired) electrons. The van der Waals surface area contributed by atoms with E-state index in [0.717, 1.165) is 11.3 Å². The van der Waals surface area contributed by atoms with E-state index >= 15 is 0 Å². The molecular weight excluding hydrogens is 398 g/mol. The van der Waals surface area contributed by atoms with Gasteiger partial charge in [-0.3, -0.25) is 19.3 Å². The molecule has 1 N–H and O–H groups in total. The molecule has 6 nitrogen and oxygen atoms in total. The van der Waals surface area contributed by atoms with Crippen LogP contribution < -0.4 is 5.32 Å². The van der Waals surface area contributed by atoms with E-state index in [9.17, 15) is 14.4 Å². The van der Waals surface area contributed by atoms with Crippen LogP contribution in [0.5, 0.6) is 0 Å². The number of aliphatic imine (C=N–C) groups is 1. The van der Waals surface area contributed by atoms with Crippen molar-refractivity contribution in [2.45, 2.75) is 25.5 Å². The van der Waals surface area contributed by atoms with Crippen LogP contribution in [0.15, 0.2) is 66.2 Å². The standard InChI is InChI=1S/C23H23N3O3S/c1-4-13-26-22(29)20(30-23(26)25-19-9-5-15(2)6-10-19)14-21(28)24-18-11-7-17(8-12-18)16(3)27/h4-12,20H,1,13-14H2,2-3H3,(H,24,28)/t20-/m0/s1. The lowest BCUT2D eigenvalue weighted by molar-refractivity contribution is -0.127. The Bertz CT molecular complexity index is 997. The van der Waals surface area contributed by atoms with Gasteiger partial charge in [-0.1, -0.05) is 35.5 Å². The minimum Gasteiger partial charge on any atom is -0.326 e. The zero-order chi connectivity index (χ0) is 21.7. The number of ketones is 1. The second kappa shape index (κ2) is 9.54. The Labute approximate surface area is 180 Å². The number of thioether (sulfide) groups is 1. The zero-order valence-electron chi connectivity index (χ0n) is 16.9. The van der Waals surface area contributed by atoms with Gasteiger partial charge in [0.05, 0.1) is 5.69 Å². The van der Waals surface area contributed by atoms with Gasteiger partial charge < -0.3 is 5.32 Å². The van der Waals surface area contributed by atoms with Gasteiger partial charge in [-0.15, -0.1) is 6.58 Å². The van der Waals surface area contributed by atoms with Crippen molar-refractivity contribution < 1.29 is 14.4 Å². The van der Waals surface area contributed by atoms with Crippen molar-refractivity contribution in [1.82, 2.24) is 4.90 Å². The van der Waals surface area contributed by atoms with Gasteiger partial charge in [0.1, 0.15) is 5.25 Å². The van der Waals surface area contributed by atoms with Crippen molar-refractivity contribution in [2.24, 2.45) is 4.99 Å². The smallest absolute Gasteiger partial charge is 0.242 e. The molecule has 0 saturated carbocycles. The third kappa shape index (κ3) is 5.24. The first-order valence-electron chi connectivity index (χ1n) is 9.52. The molecule has 1 atom stereocenters. The first-order chi connectivity index (χ1) is 14.4. The summed E-state index contributed by atoms with van der Waals surface area (Å²) in [6, 6.07) is 14.4. The summed E-state index contributed by atoms with van der Waals surface area (Å²) in [7, 11) is 0. The second-order valence-electron chi connectivity index (χ2n) is 6.96. The molecule has 1 fully saturated rings. The summed E-state index contributed by atoms with van der Waals surface area (Å²) in [5.41, 5.74) is 3.03. The van der Waals surface area contributed by atoms with Gasteiger partial charge in [-0.25, -0.2) is 4.99 Å². The topological polar surface area (TPSA) is 78.8 Å². The molecule has 0 bridgehead atoms. The van der Waals surface area contributed by atoms with Crippen LogP contribution >= 0.6 is 11.8 Å². The molecule has 0 aromatic heterocycles. The number of benzene rings is 2. The Morgan fingerprint density at radius 2 is 1.83 bits per heavy atom. The summed E-state index contributed by atoms with van der Waals surface area (Å²) in [6.07, 6.45) is 1.67. The summed E-state index contributed by atoms with van der Waals surface area (Å²) in [5, 5.41) is 2.79. The maximum atomic E-state index is 12.8. The number of amides is 2. The van der Waals surface area contributed by atoms with Crippen LogP contribution in [-0.4, -0.2) is 39.5 Å². The van der Waals surface area contributed by atoms with Gasteiger partial charge in [-0.05, 0) is 50.2 Å². The van der Waals surface area contributed by atoms with Gasteiger partial charge in [0, 0.05) is 24.2 Å². The molecule has 3 rings (SSSR count). The van der Waals surface area contributed by atoms with E-state index in [1.165, 1.54) is 18.7 Å². The second-order valence-corrected chi connectivity index (χ2v) is 8.13. The van der Waals surface area contributed by atoms with Gasteiger partial charge in [0.25, 0.3) is 0 Å². The highest BCUT2D eigenvalue weighted by molar-refractivity contribution is 8.15. The fraction of sp³-hybridized carbons (Fsp3) is 0.217. The molecule has 1 saturated heterocycles. The first-order valence-corrected chi connectivity index (χ1v) is 10.4. The van der Waals surface area contributed by atoms with Crippen LogP contribution in [-0.2, 0) is 9.59 Å². The highest BCUT2D eigenvalue weighted by Crippen LogP contribution is 2.32. The van der Waals surface area contributed by atoms with E-state index < -0.39 is 5.25 Å². The largest absolute Gasteiger partial charge is 0.326 e. The van der Waals surface area contributed by atoms with Gasteiger partial charge in [0.15, 0.2) is 11.0 Å². The number of aryl methyl sites for hydroxylation is 1. The number of hydrogen-bond donors (Lipinski definition) is 1. The van der Waals surface area contributed by atoms with Crippen molar-refractivity contribution in [3.8, 4) is 0 Å². The highest BCUT2D eigenvalue weighted by atomic mass is 32.2. The number of Topliss-reactive ketones (excluding diaryl/α,β-unsaturated/α-hetero) is 1. The average molecular weight is 422 g/mol. The summed E-state index contributed by atoms with van der Waals surface area (Å²) in [6.45, 7) is 7.53. The van der Waals surface area contributed by atoms with Gasteiger partial charge >= 0.3 is 0 Å². The van der Waals surface area contributed by atoms with Crippen molar-refractivity contribution >= 4 is 45.9 Å². The van der Waals surface area contributed by atoms with E-state index in [2.05, 4.69) is 16.9 Å². The number of hydrogen-bond acceptors (Lipinski definition) is 5. The van der Waals surface area contributed by atoms with Crippen LogP contribution in [0.2, 0.25) is 0 Å². The van der Waals surface area contributed by atoms with Crippen LogP contribution in [0.4, 0.5) is 11.4 Å². The molecule has 1 aliphatic rings. The van der Waals surface area contributed by atoms with E-state index in [4.69, 9.17) is 0 Å². The molecular formula is C23H23N3O3S. The molecule has 0 unspecified atom stereocenters. The summed E-state index contributed by atoms with van der Waals surface area (Å²) in [4.78, 5) is 42.8. The van der Waals surface area contributed by atoms with E-state index in [-0.39, 0.29) is 24.0 Å². The zero-order valence-corrected chi connectivity index (χ0v) is 17.7. The van der Waals surface area contributed by atoms with Gasteiger partial charge in [0.2, 0.25) is 11.8 Å². The predicted molar refractivity (Wildman–Crippen MR) is 121 cm³/mol. The van der Waals surface area contributed by atoms with Crippen molar-refractivity contribution in [1.29, 1.82) is 0 Å². The number of nitrogens with one attached hydrogen (secondary N) is 1. The Hall–Kier alpha value is -3.19. The predicted octanol–water partition coefficient (Wildman–Crippen LogP) is 4.34. The van der Waals surface area contributed by atoms with Crippen LogP contribution in [0, 0.1) is 6.92 Å². The lowest BCUT2D eigenvalue weighted by Gasteiger charge is -2.13. The Morgan fingerprint density at radius 3 is 2.43 bits per heavy atom. The monoisotopic (exact) mass is 421 g/mol. The molecule has 1 heterocycles. The Balaban J connectivity index is 1.70. The maximum absolute atomic E-state index is 12.8. The van der Waals surface area contributed by atoms with Crippen molar-refractivity contribution in [2.75, 3.05) is 11.9 Å². The van der Waals surface area contributed by atoms with Crippen molar-refractivity contribution in [3.05, 3.63) is 72.3 Å². The lowest BCUT2D eigenvalue weighted by Crippen LogP contribution is -2.33. The Kier molecular flexibility index (Phi) is 6.84. The minimum absolute atomic E-state index is 0.0263. The third-order valence-corrected chi connectivity index (χ3v) is 5.71. The maximum Gasteiger partial charge on any atom is 0.242 e. The molecule has 2 aromatic rings. The van der Waals surface area contributed by atoms with E-state index in [1.54, 1.807) is 35.2 Å². The lowest BCUT2D eigenvalue weighted by atomic mass is 10.1. The molecule has 0 spiro atoms. The minimum atomic E-state index is -0.550. The molecule has 1 aliphatic heterocycles. The molecule has 154 valence electrons. The number of nitrogens with zero attached hydrogens (tertiary/aromatic N) is 2. The summed E-state index contributed by atoms with van der Waals surface area (Å²) in [5.74, 6) is -0.470. The van der Waals surface area contributed by atoms with Crippen molar-refractivity contribution in [3.63, 3.8) is 0 Å². The number of anilines is 1. The molecule has 2 amide bonds. The fourth-order valence-corrected chi connectivity index (χ4v) is 4.09. The normalized spacial score (nSPS) is 17.3. The van der Waals surface area contributed by atoms with E-state index in [1.807, 2.05) is 31.2 Å². The first kappa shape index (κ1) is 21.5. The van der Waals surface area contributed by atoms with Crippen LogP contribution in [0.3, 0.4) is 0 Å². The van der Waals surface area contributed by atoms with E-state index in [0.29, 0.717) is 23.0 Å². The number of carbonyl (C=O) groups is 3. The number of rotatable bonds is 7. The Morgan fingerprint density at radius 1 is 1.17 bits per heavy atom. The van der Waals surface area contributed by atoms with Crippen LogP contribution in [0.1, 0.15) is 29.3 Å². The molecule has 30 heavy (non-hydrogen) atoms. The molecule has 7 heteroatoms.